The first-order chi connectivity index (χ1) is 7.74. The fourth-order valence-electron chi connectivity index (χ4n) is 1.56. The highest BCUT2D eigenvalue weighted by Gasteiger charge is 2.20. The minimum atomic E-state index is -0.524. The van der Waals surface area contributed by atoms with E-state index in [9.17, 15) is 4.79 Å². The molecule has 1 unspecified atom stereocenters. The first-order valence-electron chi connectivity index (χ1n) is 4.79. The lowest BCUT2D eigenvalue weighted by molar-refractivity contribution is -0.139. The maximum Gasteiger partial charge on any atom is 0.325 e. The molecule has 0 aliphatic rings. The Kier molecular flexibility index (Phi) is 3.19. The number of alkyl halides is 1. The van der Waals surface area contributed by atoms with Crippen molar-refractivity contribution in [2.75, 3.05) is 7.11 Å². The summed E-state index contributed by atoms with van der Waals surface area (Å²) in [6.45, 7) is 0. The molecule has 0 aliphatic heterocycles. The molecular formula is C12H10BrNO2. The van der Waals surface area contributed by atoms with Gasteiger partial charge < -0.3 is 4.74 Å². The summed E-state index contributed by atoms with van der Waals surface area (Å²) in [7, 11) is 1.36. The molecule has 1 aromatic carbocycles. The number of nitrogens with zero attached hydrogens (tertiary/aromatic N) is 1. The monoisotopic (exact) mass is 279 g/mol. The van der Waals surface area contributed by atoms with Crippen LogP contribution in [0.3, 0.4) is 0 Å². The molecule has 0 fully saturated rings. The van der Waals surface area contributed by atoms with E-state index in [1.807, 2.05) is 30.3 Å². The Labute approximate surface area is 102 Å². The number of aromatic nitrogens is 1. The molecule has 0 aliphatic carbocycles. The molecular weight excluding hydrogens is 270 g/mol. The topological polar surface area (TPSA) is 39.2 Å². The van der Waals surface area contributed by atoms with Crippen LogP contribution in [0.15, 0.2) is 36.5 Å². The molecule has 0 saturated carbocycles. The number of carbonyl (C=O) groups excluding carboxylic acids is 1. The molecule has 82 valence electrons. The molecule has 16 heavy (non-hydrogen) atoms. The number of fused-ring (bicyclic) bond motifs is 1. The van der Waals surface area contributed by atoms with Gasteiger partial charge in [-0.1, -0.05) is 40.2 Å². The minimum Gasteiger partial charge on any atom is -0.468 e. The zero-order valence-electron chi connectivity index (χ0n) is 8.68. The molecule has 0 N–H and O–H groups in total. The van der Waals surface area contributed by atoms with E-state index < -0.39 is 4.83 Å². The van der Waals surface area contributed by atoms with E-state index in [0.717, 1.165) is 10.8 Å². The SMILES string of the molecule is COC(=O)C(Br)c1nccc2ccccc12. The van der Waals surface area contributed by atoms with Crippen LogP contribution in [-0.2, 0) is 9.53 Å². The van der Waals surface area contributed by atoms with Crippen LogP contribution in [0.25, 0.3) is 10.8 Å². The van der Waals surface area contributed by atoms with Crippen molar-refractivity contribution in [1.82, 2.24) is 4.98 Å². The van der Waals surface area contributed by atoms with Crippen molar-refractivity contribution in [3.05, 3.63) is 42.2 Å². The van der Waals surface area contributed by atoms with Gasteiger partial charge in [0.25, 0.3) is 0 Å². The second-order valence-corrected chi connectivity index (χ2v) is 4.22. The number of hydrogen-bond donors (Lipinski definition) is 0. The number of esters is 1. The Hall–Kier alpha value is -1.42. The van der Waals surface area contributed by atoms with E-state index in [0.29, 0.717) is 5.69 Å². The number of benzene rings is 1. The number of rotatable bonds is 2. The predicted molar refractivity (Wildman–Crippen MR) is 65.4 cm³/mol. The average molecular weight is 280 g/mol. The molecule has 0 spiro atoms. The summed E-state index contributed by atoms with van der Waals surface area (Å²) < 4.78 is 4.69. The number of methoxy groups -OCH3 is 1. The number of halogens is 1. The number of ether oxygens (including phenoxy) is 1. The third kappa shape index (κ3) is 1.93. The van der Waals surface area contributed by atoms with Crippen LogP contribution in [0.2, 0.25) is 0 Å². The van der Waals surface area contributed by atoms with Gasteiger partial charge in [0.05, 0.1) is 12.8 Å². The highest BCUT2D eigenvalue weighted by atomic mass is 79.9. The van der Waals surface area contributed by atoms with Crippen LogP contribution < -0.4 is 0 Å². The Balaban J connectivity index is 2.56. The Bertz CT molecular complexity index is 522. The van der Waals surface area contributed by atoms with Gasteiger partial charge in [0, 0.05) is 11.6 Å². The molecule has 1 heterocycles. The number of pyridine rings is 1. The van der Waals surface area contributed by atoms with Gasteiger partial charge in [-0.3, -0.25) is 9.78 Å². The first-order valence-corrected chi connectivity index (χ1v) is 5.71. The first kappa shape index (κ1) is 11.1. The smallest absolute Gasteiger partial charge is 0.325 e. The zero-order chi connectivity index (χ0) is 11.5. The quantitative estimate of drug-likeness (QED) is 0.627. The molecule has 3 nitrogen and oxygen atoms in total. The van der Waals surface area contributed by atoms with Gasteiger partial charge in [-0.25, -0.2) is 0 Å². The van der Waals surface area contributed by atoms with Crippen LogP contribution in [0, 0.1) is 0 Å². The van der Waals surface area contributed by atoms with Crippen LogP contribution in [0.4, 0.5) is 0 Å². The van der Waals surface area contributed by atoms with Gasteiger partial charge in [0.15, 0.2) is 4.83 Å². The van der Waals surface area contributed by atoms with Crippen molar-refractivity contribution in [3.8, 4) is 0 Å². The van der Waals surface area contributed by atoms with Crippen LogP contribution in [-0.4, -0.2) is 18.1 Å². The number of hydrogen-bond acceptors (Lipinski definition) is 3. The van der Waals surface area contributed by atoms with Crippen molar-refractivity contribution in [3.63, 3.8) is 0 Å². The fourth-order valence-corrected chi connectivity index (χ4v) is 2.11. The minimum absolute atomic E-state index is 0.344. The maximum atomic E-state index is 11.4. The fraction of sp³-hybridized carbons (Fsp3) is 0.167. The normalized spacial score (nSPS) is 12.4. The highest BCUT2D eigenvalue weighted by molar-refractivity contribution is 9.09. The summed E-state index contributed by atoms with van der Waals surface area (Å²) in [5, 5.41) is 2.01. The lowest BCUT2D eigenvalue weighted by Crippen LogP contribution is -2.10. The summed E-state index contributed by atoms with van der Waals surface area (Å²) in [5.41, 5.74) is 0.685. The van der Waals surface area contributed by atoms with Crippen molar-refractivity contribution >= 4 is 32.7 Å². The zero-order valence-corrected chi connectivity index (χ0v) is 10.3. The molecule has 2 rings (SSSR count). The molecule has 4 heteroatoms. The highest BCUT2D eigenvalue weighted by Crippen LogP contribution is 2.28. The maximum absolute atomic E-state index is 11.4. The van der Waals surface area contributed by atoms with Gasteiger partial charge in [0.1, 0.15) is 0 Å². The Morgan fingerprint density at radius 3 is 2.88 bits per heavy atom. The molecule has 0 bridgehead atoms. The average Bonchev–Trinajstić information content (AvgIpc) is 2.36. The van der Waals surface area contributed by atoms with Gasteiger partial charge in [-0.05, 0) is 11.5 Å². The van der Waals surface area contributed by atoms with Crippen molar-refractivity contribution in [2.24, 2.45) is 0 Å². The van der Waals surface area contributed by atoms with Crippen molar-refractivity contribution < 1.29 is 9.53 Å². The lowest BCUT2D eigenvalue weighted by atomic mass is 10.1. The van der Waals surface area contributed by atoms with Gasteiger partial charge >= 0.3 is 5.97 Å². The predicted octanol–water partition coefficient (Wildman–Crippen LogP) is 2.84. The Morgan fingerprint density at radius 1 is 1.38 bits per heavy atom. The van der Waals surface area contributed by atoms with E-state index in [-0.39, 0.29) is 5.97 Å². The molecule has 0 amide bonds. The second kappa shape index (κ2) is 4.61. The van der Waals surface area contributed by atoms with Gasteiger partial charge in [-0.2, -0.15) is 0 Å². The lowest BCUT2D eigenvalue weighted by Gasteiger charge is -2.09. The van der Waals surface area contributed by atoms with Crippen LogP contribution >= 0.6 is 15.9 Å². The van der Waals surface area contributed by atoms with E-state index in [2.05, 4.69) is 25.7 Å². The van der Waals surface area contributed by atoms with E-state index >= 15 is 0 Å². The summed E-state index contributed by atoms with van der Waals surface area (Å²) in [6.07, 6.45) is 1.69. The summed E-state index contributed by atoms with van der Waals surface area (Å²) >= 11 is 3.30. The van der Waals surface area contributed by atoms with E-state index in [1.54, 1.807) is 6.20 Å². The molecule has 0 saturated heterocycles. The summed E-state index contributed by atoms with van der Waals surface area (Å²) in [5.74, 6) is -0.344. The second-order valence-electron chi connectivity index (χ2n) is 3.30. The van der Waals surface area contributed by atoms with Crippen LogP contribution in [0.5, 0.6) is 0 Å². The summed E-state index contributed by atoms with van der Waals surface area (Å²) in [6, 6.07) is 9.71. The molecule has 1 aromatic heterocycles. The van der Waals surface area contributed by atoms with Crippen LogP contribution in [0.1, 0.15) is 10.5 Å². The number of carbonyl (C=O) groups is 1. The summed E-state index contributed by atoms with van der Waals surface area (Å²) in [4.78, 5) is 15.2. The molecule has 2 aromatic rings. The molecule has 1 atom stereocenters. The van der Waals surface area contributed by atoms with Gasteiger partial charge in [-0.15, -0.1) is 0 Å². The Morgan fingerprint density at radius 2 is 2.12 bits per heavy atom. The van der Waals surface area contributed by atoms with E-state index in [4.69, 9.17) is 0 Å². The van der Waals surface area contributed by atoms with E-state index in [1.165, 1.54) is 7.11 Å². The third-order valence-electron chi connectivity index (χ3n) is 2.35. The third-order valence-corrected chi connectivity index (χ3v) is 3.16. The largest absolute Gasteiger partial charge is 0.468 e. The van der Waals surface area contributed by atoms with Gasteiger partial charge in [0.2, 0.25) is 0 Å². The molecule has 0 radical (unpaired) electrons. The van der Waals surface area contributed by atoms with Crippen molar-refractivity contribution in [1.29, 1.82) is 0 Å². The standard InChI is InChI=1S/C12H10BrNO2/c1-16-12(15)10(13)11-9-5-3-2-4-8(9)6-7-14-11/h2-7,10H,1H3. The van der Waals surface area contributed by atoms with Crippen molar-refractivity contribution in [2.45, 2.75) is 4.83 Å².